The average Bonchev–Trinajstić information content (AvgIpc) is 2.38. The zero-order chi connectivity index (χ0) is 14.7. The van der Waals surface area contributed by atoms with Crippen LogP contribution in [0.1, 0.15) is 12.8 Å². The van der Waals surface area contributed by atoms with Crippen molar-refractivity contribution < 1.29 is 14.7 Å². The molecule has 0 bridgehead atoms. The number of rotatable bonds is 4. The topological polar surface area (TPSA) is 132 Å². The van der Waals surface area contributed by atoms with E-state index in [4.69, 9.17) is 5.11 Å². The summed E-state index contributed by atoms with van der Waals surface area (Å²) in [7, 11) is 0. The molecule has 0 fully saturated rings. The van der Waals surface area contributed by atoms with Crippen LogP contribution < -0.4 is 16.4 Å². The Labute approximate surface area is 111 Å². The van der Waals surface area contributed by atoms with E-state index in [2.05, 4.69) is 15.3 Å². The number of hydrogen-bond donors (Lipinski definition) is 4. The van der Waals surface area contributed by atoms with Crippen LogP contribution in [0.5, 0.6) is 0 Å². The highest BCUT2D eigenvalue weighted by Gasteiger charge is 2.07. The Morgan fingerprint density at radius 3 is 2.35 bits per heavy atom. The van der Waals surface area contributed by atoms with Gasteiger partial charge < -0.3 is 20.4 Å². The molecule has 2 aromatic rings. The molecular formula is C12H11N3O5. The third-order valence-corrected chi connectivity index (χ3v) is 2.57. The lowest BCUT2D eigenvalue weighted by atomic mass is 10.2. The van der Waals surface area contributed by atoms with Gasteiger partial charge in [0.25, 0.3) is 0 Å². The van der Waals surface area contributed by atoms with E-state index >= 15 is 0 Å². The smallest absolute Gasteiger partial charge is 0.314 e. The molecule has 1 aromatic heterocycles. The molecule has 20 heavy (non-hydrogen) atoms. The molecule has 0 radical (unpaired) electrons. The standard InChI is InChI=1S/C12H11N3O5/c16-9(3-4-10(17)18)13-6-1-2-7-8(5-6)15-12(20)11(19)14-7/h1-2,5H,3-4H2,(H,13,16)(H,14,19)(H,15,20)(H,17,18). The van der Waals surface area contributed by atoms with Gasteiger partial charge in [-0.15, -0.1) is 0 Å². The molecular weight excluding hydrogens is 266 g/mol. The first-order valence-electron chi connectivity index (χ1n) is 5.74. The second-order valence-corrected chi connectivity index (χ2v) is 4.11. The molecule has 1 amide bonds. The van der Waals surface area contributed by atoms with Gasteiger partial charge in [-0.25, -0.2) is 0 Å². The molecule has 0 aliphatic carbocycles. The quantitative estimate of drug-likeness (QED) is 0.585. The number of H-pyrrole nitrogens is 2. The number of amides is 1. The van der Waals surface area contributed by atoms with Gasteiger partial charge in [0.05, 0.1) is 17.5 Å². The van der Waals surface area contributed by atoms with E-state index < -0.39 is 23.0 Å². The van der Waals surface area contributed by atoms with Gasteiger partial charge in [0.2, 0.25) is 5.91 Å². The predicted molar refractivity (Wildman–Crippen MR) is 70.7 cm³/mol. The lowest BCUT2D eigenvalue weighted by Gasteiger charge is -2.05. The van der Waals surface area contributed by atoms with Crippen molar-refractivity contribution in [3.63, 3.8) is 0 Å². The van der Waals surface area contributed by atoms with E-state index in [0.717, 1.165) is 0 Å². The van der Waals surface area contributed by atoms with Crippen molar-refractivity contribution in [2.24, 2.45) is 0 Å². The number of benzene rings is 1. The van der Waals surface area contributed by atoms with Crippen molar-refractivity contribution in [2.75, 3.05) is 5.32 Å². The van der Waals surface area contributed by atoms with E-state index in [-0.39, 0.29) is 12.8 Å². The molecule has 0 saturated carbocycles. The van der Waals surface area contributed by atoms with Gasteiger partial charge in [-0.1, -0.05) is 0 Å². The van der Waals surface area contributed by atoms with Crippen LogP contribution in [0.15, 0.2) is 27.8 Å². The molecule has 1 aromatic carbocycles. The summed E-state index contributed by atoms with van der Waals surface area (Å²) in [5.74, 6) is -1.50. The maximum atomic E-state index is 11.5. The number of nitrogens with one attached hydrogen (secondary N) is 3. The first-order valence-corrected chi connectivity index (χ1v) is 5.74. The van der Waals surface area contributed by atoms with Gasteiger partial charge >= 0.3 is 17.1 Å². The zero-order valence-electron chi connectivity index (χ0n) is 10.2. The van der Waals surface area contributed by atoms with Gasteiger partial charge in [0.1, 0.15) is 0 Å². The molecule has 0 aliphatic rings. The summed E-state index contributed by atoms with van der Waals surface area (Å²) in [4.78, 5) is 48.9. The monoisotopic (exact) mass is 277 g/mol. The summed E-state index contributed by atoms with van der Waals surface area (Å²) >= 11 is 0. The second-order valence-electron chi connectivity index (χ2n) is 4.11. The van der Waals surface area contributed by atoms with Crippen molar-refractivity contribution >= 4 is 28.6 Å². The Morgan fingerprint density at radius 1 is 1.05 bits per heavy atom. The average molecular weight is 277 g/mol. The normalized spacial score (nSPS) is 10.4. The van der Waals surface area contributed by atoms with E-state index in [1.165, 1.54) is 18.2 Å². The largest absolute Gasteiger partial charge is 0.481 e. The van der Waals surface area contributed by atoms with E-state index in [9.17, 15) is 19.2 Å². The molecule has 4 N–H and O–H groups in total. The molecule has 0 aliphatic heterocycles. The van der Waals surface area contributed by atoms with Gasteiger partial charge in [0, 0.05) is 12.1 Å². The fourth-order valence-corrected chi connectivity index (χ4v) is 1.64. The number of aromatic amines is 2. The number of aliphatic carboxylic acids is 1. The van der Waals surface area contributed by atoms with Crippen LogP contribution in [0.4, 0.5) is 5.69 Å². The van der Waals surface area contributed by atoms with E-state index in [1.54, 1.807) is 0 Å². The highest BCUT2D eigenvalue weighted by atomic mass is 16.4. The number of carboxylic acids is 1. The summed E-state index contributed by atoms with van der Waals surface area (Å²) in [5, 5.41) is 11.0. The fourth-order valence-electron chi connectivity index (χ4n) is 1.64. The zero-order valence-corrected chi connectivity index (χ0v) is 10.2. The highest BCUT2D eigenvalue weighted by Crippen LogP contribution is 2.14. The molecule has 0 atom stereocenters. The van der Waals surface area contributed by atoms with Gasteiger partial charge in [-0.2, -0.15) is 0 Å². The molecule has 0 unspecified atom stereocenters. The molecule has 1 heterocycles. The Bertz CT molecular complexity index is 790. The number of carbonyl (C=O) groups is 2. The molecule has 8 heteroatoms. The number of anilines is 1. The Hall–Kier alpha value is -2.90. The van der Waals surface area contributed by atoms with E-state index in [1.807, 2.05) is 0 Å². The van der Waals surface area contributed by atoms with Crippen LogP contribution >= 0.6 is 0 Å². The minimum atomic E-state index is -1.06. The lowest BCUT2D eigenvalue weighted by molar-refractivity contribution is -0.138. The maximum absolute atomic E-state index is 11.5. The van der Waals surface area contributed by atoms with Gasteiger partial charge in [-0.05, 0) is 18.2 Å². The highest BCUT2D eigenvalue weighted by molar-refractivity contribution is 5.94. The third-order valence-electron chi connectivity index (χ3n) is 2.57. The summed E-state index contributed by atoms with van der Waals surface area (Å²) in [6.45, 7) is 0. The number of carbonyl (C=O) groups excluding carboxylic acids is 1. The Morgan fingerprint density at radius 2 is 1.70 bits per heavy atom. The molecule has 104 valence electrons. The van der Waals surface area contributed by atoms with Crippen molar-refractivity contribution in [2.45, 2.75) is 12.8 Å². The first kappa shape index (κ1) is 13.5. The fraction of sp³-hybridized carbons (Fsp3) is 0.167. The van der Waals surface area contributed by atoms with Crippen LogP contribution in [0.25, 0.3) is 11.0 Å². The van der Waals surface area contributed by atoms with Gasteiger partial charge in [0.15, 0.2) is 0 Å². The number of hydrogen-bond acceptors (Lipinski definition) is 4. The molecule has 8 nitrogen and oxygen atoms in total. The molecule has 0 spiro atoms. The maximum Gasteiger partial charge on any atom is 0.314 e. The van der Waals surface area contributed by atoms with Crippen LogP contribution in [0.3, 0.4) is 0 Å². The predicted octanol–water partition coefficient (Wildman–Crippen LogP) is 0.0197. The van der Waals surface area contributed by atoms with Crippen LogP contribution in [-0.2, 0) is 9.59 Å². The van der Waals surface area contributed by atoms with E-state index in [0.29, 0.717) is 16.7 Å². The number of carboxylic acid groups (broad SMARTS) is 1. The van der Waals surface area contributed by atoms with Crippen LogP contribution in [0.2, 0.25) is 0 Å². The minimum absolute atomic E-state index is 0.143. The third kappa shape index (κ3) is 3.10. The Kier molecular flexibility index (Phi) is 3.65. The molecule has 2 rings (SSSR count). The Balaban J connectivity index is 2.21. The van der Waals surface area contributed by atoms with Crippen molar-refractivity contribution in [1.82, 2.24) is 9.97 Å². The summed E-state index contributed by atoms with van der Waals surface area (Å²) in [5.41, 5.74) is -0.345. The summed E-state index contributed by atoms with van der Waals surface area (Å²) in [6, 6.07) is 4.54. The van der Waals surface area contributed by atoms with Crippen molar-refractivity contribution in [3.8, 4) is 0 Å². The second kappa shape index (κ2) is 5.39. The summed E-state index contributed by atoms with van der Waals surface area (Å²) in [6.07, 6.45) is -0.404. The number of aromatic nitrogens is 2. The minimum Gasteiger partial charge on any atom is -0.481 e. The number of fused-ring (bicyclic) bond motifs is 1. The lowest BCUT2D eigenvalue weighted by Crippen LogP contribution is -2.28. The van der Waals surface area contributed by atoms with Crippen molar-refractivity contribution in [3.05, 3.63) is 38.9 Å². The first-order chi connectivity index (χ1) is 9.45. The SMILES string of the molecule is O=C(O)CCC(=O)Nc1ccc2[nH]c(=O)c(=O)[nH]c2c1. The van der Waals surface area contributed by atoms with Crippen LogP contribution in [-0.4, -0.2) is 27.0 Å². The van der Waals surface area contributed by atoms with Crippen molar-refractivity contribution in [1.29, 1.82) is 0 Å². The van der Waals surface area contributed by atoms with Crippen LogP contribution in [0, 0.1) is 0 Å². The van der Waals surface area contributed by atoms with Gasteiger partial charge in [-0.3, -0.25) is 19.2 Å². The summed E-state index contributed by atoms with van der Waals surface area (Å²) < 4.78 is 0. The molecule has 0 saturated heterocycles.